The summed E-state index contributed by atoms with van der Waals surface area (Å²) in [6, 6.07) is 1.70. The first-order chi connectivity index (χ1) is 7.59. The van der Waals surface area contributed by atoms with Crippen molar-refractivity contribution in [3.63, 3.8) is 0 Å². The molecule has 84 valence electrons. The highest BCUT2D eigenvalue weighted by atomic mass is 16.5. The van der Waals surface area contributed by atoms with Gasteiger partial charge in [0.2, 0.25) is 0 Å². The van der Waals surface area contributed by atoms with Crippen LogP contribution >= 0.6 is 0 Å². The van der Waals surface area contributed by atoms with E-state index in [-0.39, 0.29) is 17.2 Å². The fraction of sp³-hybridized carbons (Fsp3) is 0.273. The van der Waals surface area contributed by atoms with Crippen LogP contribution < -0.4 is 5.56 Å². The van der Waals surface area contributed by atoms with Gasteiger partial charge in [-0.15, -0.1) is 0 Å². The monoisotopic (exact) mass is 220 g/mol. The summed E-state index contributed by atoms with van der Waals surface area (Å²) in [4.78, 5) is 28.6. The van der Waals surface area contributed by atoms with E-state index in [1.807, 2.05) is 0 Å². The summed E-state index contributed by atoms with van der Waals surface area (Å²) in [6.07, 6.45) is 2.81. The Hall–Kier alpha value is -2.04. The lowest BCUT2D eigenvalue weighted by molar-refractivity contribution is 0.0380. The van der Waals surface area contributed by atoms with Crippen LogP contribution in [0, 0.1) is 0 Å². The zero-order chi connectivity index (χ0) is 11.7. The molecule has 0 bridgehead atoms. The standard InChI is InChI=1S/C11H12N2O3/c1-6(2)16-11(15)7-5-13-8-3-4-12-10(14)9(7)8/h3-6,13H,1-2H3,(H,12,14). The SMILES string of the molecule is CC(C)OC(=O)c1c[nH]c2cc[nH]c(=O)c12. The second kappa shape index (κ2) is 3.84. The number of hydrogen-bond donors (Lipinski definition) is 2. The average Bonchev–Trinajstić information content (AvgIpc) is 2.61. The van der Waals surface area contributed by atoms with Crippen LogP contribution in [0.15, 0.2) is 23.3 Å². The number of carbonyl (C=O) groups is 1. The largest absolute Gasteiger partial charge is 0.459 e. The lowest BCUT2D eigenvalue weighted by Crippen LogP contribution is -2.14. The minimum absolute atomic E-state index is 0.208. The molecule has 0 amide bonds. The van der Waals surface area contributed by atoms with E-state index in [9.17, 15) is 9.59 Å². The molecule has 2 heterocycles. The van der Waals surface area contributed by atoms with E-state index in [1.165, 1.54) is 12.4 Å². The van der Waals surface area contributed by atoms with Crippen LogP contribution in [0.4, 0.5) is 0 Å². The quantitative estimate of drug-likeness (QED) is 0.751. The Morgan fingerprint density at radius 2 is 2.12 bits per heavy atom. The number of ether oxygens (including phenoxy) is 1. The first-order valence-electron chi connectivity index (χ1n) is 4.99. The Kier molecular flexibility index (Phi) is 2.52. The number of rotatable bonds is 2. The Balaban J connectivity index is 2.54. The number of carbonyl (C=O) groups excluding carboxylic acids is 1. The van der Waals surface area contributed by atoms with Crippen LogP contribution in [0.25, 0.3) is 10.9 Å². The summed E-state index contributed by atoms with van der Waals surface area (Å²) in [5.74, 6) is -0.488. The van der Waals surface area contributed by atoms with Crippen molar-refractivity contribution in [2.24, 2.45) is 0 Å². The van der Waals surface area contributed by atoms with Gasteiger partial charge in [0.15, 0.2) is 0 Å². The van der Waals surface area contributed by atoms with Crippen LogP contribution in [-0.2, 0) is 4.74 Å². The van der Waals surface area contributed by atoms with Crippen molar-refractivity contribution in [2.45, 2.75) is 20.0 Å². The first-order valence-corrected chi connectivity index (χ1v) is 4.99. The Morgan fingerprint density at radius 1 is 1.38 bits per heavy atom. The third-order valence-electron chi connectivity index (χ3n) is 2.16. The maximum atomic E-state index is 11.7. The fourth-order valence-corrected chi connectivity index (χ4v) is 1.53. The predicted molar refractivity (Wildman–Crippen MR) is 59.5 cm³/mol. The molecule has 0 aliphatic heterocycles. The molecule has 0 saturated heterocycles. The third kappa shape index (κ3) is 1.71. The number of hydrogen-bond acceptors (Lipinski definition) is 3. The van der Waals surface area contributed by atoms with E-state index in [4.69, 9.17) is 4.74 Å². The summed E-state index contributed by atoms with van der Waals surface area (Å²) < 4.78 is 5.05. The molecule has 0 aliphatic carbocycles. The number of aromatic amines is 2. The highest BCUT2D eigenvalue weighted by molar-refractivity contribution is 6.03. The molecule has 0 unspecified atom stereocenters. The molecular weight excluding hydrogens is 208 g/mol. The lowest BCUT2D eigenvalue weighted by Gasteiger charge is -2.06. The Bertz CT molecular complexity index is 580. The van der Waals surface area contributed by atoms with E-state index in [0.717, 1.165) is 0 Å². The number of nitrogens with one attached hydrogen (secondary N) is 2. The van der Waals surface area contributed by atoms with Gasteiger partial charge >= 0.3 is 5.97 Å². The minimum atomic E-state index is -0.488. The number of pyridine rings is 1. The van der Waals surface area contributed by atoms with Gasteiger partial charge in [0.25, 0.3) is 5.56 Å². The van der Waals surface area contributed by atoms with Crippen LogP contribution in [0.5, 0.6) is 0 Å². The highest BCUT2D eigenvalue weighted by Gasteiger charge is 2.16. The van der Waals surface area contributed by atoms with Crippen LogP contribution in [0.1, 0.15) is 24.2 Å². The molecule has 0 atom stereocenters. The molecule has 0 aromatic carbocycles. The molecule has 2 aromatic rings. The van der Waals surface area contributed by atoms with E-state index in [2.05, 4.69) is 9.97 Å². The molecule has 0 spiro atoms. The Morgan fingerprint density at radius 3 is 2.81 bits per heavy atom. The summed E-state index contributed by atoms with van der Waals surface area (Å²) in [6.45, 7) is 3.52. The first kappa shape index (κ1) is 10.5. The maximum Gasteiger partial charge on any atom is 0.340 e. The van der Waals surface area contributed by atoms with Crippen molar-refractivity contribution in [3.05, 3.63) is 34.4 Å². The maximum absolute atomic E-state index is 11.7. The number of esters is 1. The van der Waals surface area contributed by atoms with Gasteiger partial charge < -0.3 is 14.7 Å². The molecule has 0 radical (unpaired) electrons. The van der Waals surface area contributed by atoms with Gasteiger partial charge in [0.05, 0.1) is 22.6 Å². The molecule has 16 heavy (non-hydrogen) atoms. The minimum Gasteiger partial charge on any atom is -0.459 e. The zero-order valence-electron chi connectivity index (χ0n) is 9.03. The smallest absolute Gasteiger partial charge is 0.340 e. The van der Waals surface area contributed by atoms with Gasteiger partial charge in [-0.2, -0.15) is 0 Å². The van der Waals surface area contributed by atoms with E-state index in [1.54, 1.807) is 19.9 Å². The number of fused-ring (bicyclic) bond motifs is 1. The summed E-state index contributed by atoms with van der Waals surface area (Å²) in [5, 5.41) is 0.341. The molecule has 0 saturated carbocycles. The van der Waals surface area contributed by atoms with Gasteiger partial charge in [-0.05, 0) is 19.9 Å². The van der Waals surface area contributed by atoms with Crippen LogP contribution in [0.2, 0.25) is 0 Å². The second-order valence-corrected chi connectivity index (χ2v) is 3.75. The fourth-order valence-electron chi connectivity index (χ4n) is 1.53. The van der Waals surface area contributed by atoms with Crippen molar-refractivity contribution < 1.29 is 9.53 Å². The Labute approximate surface area is 91.4 Å². The van der Waals surface area contributed by atoms with Gasteiger partial charge in [-0.3, -0.25) is 4.79 Å². The summed E-state index contributed by atoms with van der Waals surface area (Å²) >= 11 is 0. The molecular formula is C11H12N2O3. The number of aromatic nitrogens is 2. The van der Waals surface area contributed by atoms with Gasteiger partial charge in [-0.25, -0.2) is 4.79 Å². The molecule has 5 heteroatoms. The van der Waals surface area contributed by atoms with Gasteiger partial charge in [0, 0.05) is 12.4 Å². The lowest BCUT2D eigenvalue weighted by atomic mass is 10.2. The van der Waals surface area contributed by atoms with Crippen LogP contribution in [0.3, 0.4) is 0 Å². The predicted octanol–water partition coefficient (Wildman–Crippen LogP) is 1.42. The third-order valence-corrected chi connectivity index (χ3v) is 2.16. The summed E-state index contributed by atoms with van der Waals surface area (Å²) in [5.41, 5.74) is 0.597. The topological polar surface area (TPSA) is 75.0 Å². The van der Waals surface area contributed by atoms with E-state index < -0.39 is 5.97 Å². The molecule has 2 rings (SSSR count). The normalized spacial score (nSPS) is 10.9. The molecule has 0 aliphatic rings. The van der Waals surface area contributed by atoms with Crippen molar-refractivity contribution >= 4 is 16.9 Å². The van der Waals surface area contributed by atoms with Gasteiger partial charge in [-0.1, -0.05) is 0 Å². The molecule has 0 fully saturated rings. The van der Waals surface area contributed by atoms with Crippen molar-refractivity contribution in [3.8, 4) is 0 Å². The second-order valence-electron chi connectivity index (χ2n) is 3.75. The highest BCUT2D eigenvalue weighted by Crippen LogP contribution is 2.14. The van der Waals surface area contributed by atoms with E-state index >= 15 is 0 Å². The van der Waals surface area contributed by atoms with Crippen molar-refractivity contribution in [1.29, 1.82) is 0 Å². The summed E-state index contributed by atoms with van der Waals surface area (Å²) in [7, 11) is 0. The van der Waals surface area contributed by atoms with Crippen molar-refractivity contribution in [2.75, 3.05) is 0 Å². The number of H-pyrrole nitrogens is 2. The molecule has 5 nitrogen and oxygen atoms in total. The van der Waals surface area contributed by atoms with Crippen molar-refractivity contribution in [1.82, 2.24) is 9.97 Å². The molecule has 2 aromatic heterocycles. The van der Waals surface area contributed by atoms with Crippen LogP contribution in [-0.4, -0.2) is 22.0 Å². The molecule has 2 N–H and O–H groups in total. The van der Waals surface area contributed by atoms with Gasteiger partial charge in [0.1, 0.15) is 0 Å². The van der Waals surface area contributed by atoms with E-state index in [0.29, 0.717) is 10.9 Å². The average molecular weight is 220 g/mol. The zero-order valence-corrected chi connectivity index (χ0v) is 9.03.